The number of hydrogen-bond donors (Lipinski definition) is 2. The van der Waals surface area contributed by atoms with Crippen LogP contribution in [0.25, 0.3) is 0 Å². The Balaban J connectivity index is 2.24. The van der Waals surface area contributed by atoms with Gasteiger partial charge in [0.1, 0.15) is 0 Å². The predicted octanol–water partition coefficient (Wildman–Crippen LogP) is 1.70. The number of nitrogens with one attached hydrogen (secondary N) is 1. The van der Waals surface area contributed by atoms with E-state index in [2.05, 4.69) is 46.9 Å². The topological polar surface area (TPSA) is 81.6 Å². The molecule has 0 bridgehead atoms. The number of aryl methyl sites for hydroxylation is 2. The second kappa shape index (κ2) is 6.43. The van der Waals surface area contributed by atoms with E-state index in [-0.39, 0.29) is 6.04 Å². The number of hydrazine groups is 1. The van der Waals surface area contributed by atoms with Gasteiger partial charge in [-0.05, 0) is 29.9 Å². The van der Waals surface area contributed by atoms with Crippen molar-refractivity contribution >= 4 is 11.5 Å². The maximum atomic E-state index is 5.74. The molecule has 1 atom stereocenters. The van der Waals surface area contributed by atoms with Gasteiger partial charge >= 0.3 is 0 Å². The fraction of sp³-hybridized carbons (Fsp3) is 0.615. The molecule has 2 rings (SSSR count). The van der Waals surface area contributed by atoms with E-state index in [9.17, 15) is 0 Å². The lowest BCUT2D eigenvalue weighted by Gasteiger charge is -2.16. The maximum absolute atomic E-state index is 5.74. The van der Waals surface area contributed by atoms with E-state index in [4.69, 9.17) is 5.84 Å². The van der Waals surface area contributed by atoms with Crippen molar-refractivity contribution < 1.29 is 0 Å². The Labute approximate surface area is 123 Å². The molecular formula is C13H22N6S. The van der Waals surface area contributed by atoms with E-state index < -0.39 is 0 Å². The summed E-state index contributed by atoms with van der Waals surface area (Å²) in [6.45, 7) is 6.34. The second-order valence-electron chi connectivity index (χ2n) is 5.20. The van der Waals surface area contributed by atoms with E-state index in [1.54, 1.807) is 0 Å². The van der Waals surface area contributed by atoms with Crippen LogP contribution in [0.15, 0.2) is 6.07 Å². The van der Waals surface area contributed by atoms with Crippen LogP contribution in [0, 0.1) is 0 Å². The lowest BCUT2D eigenvalue weighted by atomic mass is 10.0. The fourth-order valence-electron chi connectivity index (χ4n) is 2.22. The molecule has 0 amide bonds. The lowest BCUT2D eigenvalue weighted by molar-refractivity contribution is 0.530. The van der Waals surface area contributed by atoms with E-state index in [1.165, 1.54) is 11.5 Å². The largest absolute Gasteiger partial charge is 0.272 e. The Morgan fingerprint density at radius 3 is 2.75 bits per heavy atom. The highest BCUT2D eigenvalue weighted by Crippen LogP contribution is 2.28. The zero-order chi connectivity index (χ0) is 14.7. The Bertz CT molecular complexity index is 559. The van der Waals surface area contributed by atoms with Gasteiger partial charge in [-0.1, -0.05) is 25.3 Å². The highest BCUT2D eigenvalue weighted by molar-refractivity contribution is 7.05. The highest BCUT2D eigenvalue weighted by Gasteiger charge is 2.22. The third-order valence-corrected chi connectivity index (χ3v) is 4.26. The summed E-state index contributed by atoms with van der Waals surface area (Å²) in [4.78, 5) is 1.11. The summed E-state index contributed by atoms with van der Waals surface area (Å²) in [6, 6.07) is 2.15. The van der Waals surface area contributed by atoms with Gasteiger partial charge in [0, 0.05) is 19.2 Å². The molecule has 0 saturated heterocycles. The van der Waals surface area contributed by atoms with Crippen LogP contribution in [0.3, 0.4) is 0 Å². The second-order valence-corrected chi connectivity index (χ2v) is 5.99. The summed E-state index contributed by atoms with van der Waals surface area (Å²) < 4.78 is 5.99. The number of aromatic nitrogens is 4. The number of nitrogens with two attached hydrogens (primary N) is 1. The van der Waals surface area contributed by atoms with E-state index in [0.29, 0.717) is 5.92 Å². The zero-order valence-corrected chi connectivity index (χ0v) is 13.2. The molecule has 0 aliphatic carbocycles. The van der Waals surface area contributed by atoms with Gasteiger partial charge in [0.05, 0.1) is 22.3 Å². The summed E-state index contributed by atoms with van der Waals surface area (Å²) in [5.74, 6) is 6.09. The minimum atomic E-state index is 0.0208. The quantitative estimate of drug-likeness (QED) is 0.626. The summed E-state index contributed by atoms with van der Waals surface area (Å²) >= 11 is 1.41. The average Bonchev–Trinajstić information content (AvgIpc) is 3.02. The summed E-state index contributed by atoms with van der Waals surface area (Å²) in [5, 5.41) is 8.70. The molecule has 3 N–H and O–H groups in total. The van der Waals surface area contributed by atoms with Crippen LogP contribution >= 0.6 is 11.5 Å². The standard InChI is InChI=1S/C13H22N6S/c1-5-9-6-10(19(4)17-9)7-11(15-14)13-12(8(2)3)16-18-20-13/h6,8,11,15H,5,7,14H2,1-4H3. The van der Waals surface area contributed by atoms with Gasteiger partial charge in [-0.25, -0.2) is 0 Å². The van der Waals surface area contributed by atoms with Crippen LogP contribution in [0.4, 0.5) is 0 Å². The third kappa shape index (κ3) is 3.05. The van der Waals surface area contributed by atoms with Crippen LogP contribution in [0.2, 0.25) is 0 Å². The van der Waals surface area contributed by atoms with Gasteiger partial charge in [-0.15, -0.1) is 5.10 Å². The Morgan fingerprint density at radius 1 is 1.45 bits per heavy atom. The molecule has 110 valence electrons. The van der Waals surface area contributed by atoms with E-state index in [1.807, 2.05) is 11.7 Å². The highest BCUT2D eigenvalue weighted by atomic mass is 32.1. The van der Waals surface area contributed by atoms with Crippen LogP contribution in [-0.2, 0) is 19.9 Å². The molecule has 1 unspecified atom stereocenters. The first-order valence-corrected chi connectivity index (χ1v) is 7.64. The first kappa shape index (κ1) is 15.1. The SMILES string of the molecule is CCc1cc(CC(NN)c2snnc2C(C)C)n(C)n1. The molecule has 20 heavy (non-hydrogen) atoms. The van der Waals surface area contributed by atoms with E-state index >= 15 is 0 Å². The lowest BCUT2D eigenvalue weighted by Crippen LogP contribution is -2.30. The molecule has 2 aromatic heterocycles. The molecular weight excluding hydrogens is 272 g/mol. The van der Waals surface area contributed by atoms with Crippen LogP contribution in [0.5, 0.6) is 0 Å². The number of nitrogens with zero attached hydrogens (tertiary/aromatic N) is 4. The molecule has 0 radical (unpaired) electrons. The average molecular weight is 294 g/mol. The minimum absolute atomic E-state index is 0.0208. The van der Waals surface area contributed by atoms with Crippen molar-refractivity contribution in [3.8, 4) is 0 Å². The molecule has 0 aromatic carbocycles. The van der Waals surface area contributed by atoms with Crippen LogP contribution < -0.4 is 11.3 Å². The molecule has 0 saturated carbocycles. The van der Waals surface area contributed by atoms with Crippen molar-refractivity contribution in [2.75, 3.05) is 0 Å². The van der Waals surface area contributed by atoms with Crippen molar-refractivity contribution in [3.05, 3.63) is 28.0 Å². The van der Waals surface area contributed by atoms with Crippen molar-refractivity contribution in [1.82, 2.24) is 24.8 Å². The van der Waals surface area contributed by atoms with Gasteiger partial charge in [-0.3, -0.25) is 16.0 Å². The molecule has 0 spiro atoms. The van der Waals surface area contributed by atoms with Gasteiger partial charge in [0.25, 0.3) is 0 Å². The Kier molecular flexibility index (Phi) is 4.85. The molecule has 7 heteroatoms. The first-order chi connectivity index (χ1) is 9.56. The normalized spacial score (nSPS) is 13.1. The van der Waals surface area contributed by atoms with Crippen molar-refractivity contribution in [3.63, 3.8) is 0 Å². The summed E-state index contributed by atoms with van der Waals surface area (Å²) in [6.07, 6.45) is 1.72. The van der Waals surface area contributed by atoms with Gasteiger partial charge < -0.3 is 0 Å². The third-order valence-electron chi connectivity index (χ3n) is 3.41. The zero-order valence-electron chi connectivity index (χ0n) is 12.4. The fourth-order valence-corrected chi connectivity index (χ4v) is 3.08. The molecule has 6 nitrogen and oxygen atoms in total. The molecule has 2 aromatic rings. The molecule has 0 aliphatic rings. The number of rotatable bonds is 6. The molecule has 2 heterocycles. The summed E-state index contributed by atoms with van der Waals surface area (Å²) in [7, 11) is 1.97. The number of hydrogen-bond acceptors (Lipinski definition) is 6. The van der Waals surface area contributed by atoms with Gasteiger partial charge in [-0.2, -0.15) is 5.10 Å². The molecule has 0 aliphatic heterocycles. The molecule has 0 fully saturated rings. The van der Waals surface area contributed by atoms with Crippen molar-refractivity contribution in [2.45, 2.75) is 45.6 Å². The summed E-state index contributed by atoms with van der Waals surface area (Å²) in [5.41, 5.74) is 6.18. The monoisotopic (exact) mass is 294 g/mol. The Morgan fingerprint density at radius 2 is 2.20 bits per heavy atom. The van der Waals surface area contributed by atoms with Crippen LogP contribution in [-0.4, -0.2) is 19.4 Å². The smallest absolute Gasteiger partial charge is 0.0829 e. The predicted molar refractivity (Wildman–Crippen MR) is 80.4 cm³/mol. The maximum Gasteiger partial charge on any atom is 0.0829 e. The van der Waals surface area contributed by atoms with Gasteiger partial charge in [0.2, 0.25) is 0 Å². The van der Waals surface area contributed by atoms with Crippen molar-refractivity contribution in [2.24, 2.45) is 12.9 Å². The van der Waals surface area contributed by atoms with Crippen LogP contribution in [0.1, 0.15) is 54.7 Å². The van der Waals surface area contributed by atoms with Crippen molar-refractivity contribution in [1.29, 1.82) is 0 Å². The minimum Gasteiger partial charge on any atom is -0.272 e. The first-order valence-electron chi connectivity index (χ1n) is 6.86. The van der Waals surface area contributed by atoms with Gasteiger partial charge in [0.15, 0.2) is 0 Å². The van der Waals surface area contributed by atoms with E-state index in [0.717, 1.165) is 34.8 Å². The Hall–Kier alpha value is -1.31.